The SMILES string of the molecule is c1ccc(-n2c3ccccc3c3cc(-c4ccc5c(-c6ccc7ccccc7c6)c6cc(-c7ccc8c(c7)c7ccccc7n8-c7ccccc7)ccc6c(-c6ccc7ccccc7c6)c5c4)ccc32)cc1. The van der Waals surface area contributed by atoms with Crippen molar-refractivity contribution in [2.24, 2.45) is 0 Å². The number of para-hydroxylation sites is 4. The van der Waals surface area contributed by atoms with Crippen molar-refractivity contribution in [1.82, 2.24) is 9.13 Å². The number of benzene rings is 13. The smallest absolute Gasteiger partial charge is 0.0541 e. The van der Waals surface area contributed by atoms with E-state index in [4.69, 9.17) is 0 Å². The number of rotatable bonds is 6. The van der Waals surface area contributed by atoms with Crippen LogP contribution < -0.4 is 0 Å². The molecule has 0 radical (unpaired) electrons. The minimum absolute atomic E-state index is 1.16. The normalized spacial score (nSPS) is 11.9. The summed E-state index contributed by atoms with van der Waals surface area (Å²) < 4.78 is 4.79. The molecule has 0 aliphatic heterocycles. The molecule has 72 heavy (non-hydrogen) atoms. The van der Waals surface area contributed by atoms with E-state index in [0.29, 0.717) is 0 Å². The zero-order valence-corrected chi connectivity index (χ0v) is 39.3. The Bertz CT molecular complexity index is 4370. The summed E-state index contributed by atoms with van der Waals surface area (Å²) in [5, 5.41) is 14.8. The summed E-state index contributed by atoms with van der Waals surface area (Å²) in [6.45, 7) is 0. The Hall–Kier alpha value is -9.50. The molecule has 0 amide bonds. The van der Waals surface area contributed by atoms with Crippen LogP contribution in [0.4, 0.5) is 0 Å². The maximum atomic E-state index is 2.46. The first-order valence-corrected chi connectivity index (χ1v) is 24.9. The van der Waals surface area contributed by atoms with E-state index < -0.39 is 0 Å². The Morgan fingerprint density at radius 2 is 0.514 bits per heavy atom. The van der Waals surface area contributed by atoms with E-state index in [1.165, 1.54) is 131 Å². The molecule has 0 aliphatic carbocycles. The molecular formula is C70H44N2. The van der Waals surface area contributed by atoms with Gasteiger partial charge in [-0.25, -0.2) is 0 Å². The van der Waals surface area contributed by atoms with E-state index in [2.05, 4.69) is 276 Å². The first-order chi connectivity index (χ1) is 35.7. The molecule has 0 fully saturated rings. The largest absolute Gasteiger partial charge is 0.309 e. The van der Waals surface area contributed by atoms with Gasteiger partial charge in [0.05, 0.1) is 22.1 Å². The zero-order valence-electron chi connectivity index (χ0n) is 39.3. The Balaban J connectivity index is 1.00. The average Bonchev–Trinajstić information content (AvgIpc) is 3.96. The molecule has 0 aliphatic rings. The van der Waals surface area contributed by atoms with Gasteiger partial charge in [0.15, 0.2) is 0 Å². The van der Waals surface area contributed by atoms with E-state index in [0.717, 1.165) is 11.4 Å². The van der Waals surface area contributed by atoms with Gasteiger partial charge < -0.3 is 9.13 Å². The molecule has 0 spiro atoms. The molecule has 334 valence electrons. The summed E-state index contributed by atoms with van der Waals surface area (Å²) >= 11 is 0. The molecular weight excluding hydrogens is 869 g/mol. The zero-order chi connectivity index (χ0) is 47.3. The van der Waals surface area contributed by atoms with Gasteiger partial charge in [-0.15, -0.1) is 0 Å². The highest BCUT2D eigenvalue weighted by Gasteiger charge is 2.21. The predicted molar refractivity (Wildman–Crippen MR) is 307 cm³/mol. The third-order valence-electron chi connectivity index (χ3n) is 15.2. The van der Waals surface area contributed by atoms with Crippen molar-refractivity contribution in [2.75, 3.05) is 0 Å². The minimum atomic E-state index is 1.16. The van der Waals surface area contributed by atoms with Gasteiger partial charge in [-0.05, 0) is 173 Å². The summed E-state index contributed by atoms with van der Waals surface area (Å²) in [4.78, 5) is 0. The van der Waals surface area contributed by atoms with Gasteiger partial charge in [0.1, 0.15) is 0 Å². The lowest BCUT2D eigenvalue weighted by Crippen LogP contribution is -1.94. The highest BCUT2D eigenvalue weighted by atomic mass is 15.0. The molecule has 0 bridgehead atoms. The number of nitrogens with zero attached hydrogens (tertiary/aromatic N) is 2. The molecule has 2 heteroatoms. The molecule has 2 heterocycles. The molecule has 2 nitrogen and oxygen atoms in total. The highest BCUT2D eigenvalue weighted by molar-refractivity contribution is 6.23. The predicted octanol–water partition coefficient (Wildman–Crippen LogP) is 19.2. The molecule has 0 unspecified atom stereocenters. The lowest BCUT2D eigenvalue weighted by atomic mass is 9.83. The molecule has 15 rings (SSSR count). The fourth-order valence-electron chi connectivity index (χ4n) is 11.9. The lowest BCUT2D eigenvalue weighted by molar-refractivity contribution is 1.18. The molecule has 13 aromatic carbocycles. The molecule has 2 aromatic heterocycles. The van der Waals surface area contributed by atoms with Gasteiger partial charge in [0, 0.05) is 32.9 Å². The Labute approximate surface area is 416 Å². The maximum absolute atomic E-state index is 2.46. The fourth-order valence-corrected chi connectivity index (χ4v) is 11.9. The Morgan fingerprint density at radius 3 is 0.958 bits per heavy atom. The molecule has 0 N–H and O–H groups in total. The second-order valence-electron chi connectivity index (χ2n) is 19.2. The van der Waals surface area contributed by atoms with Crippen molar-refractivity contribution in [3.63, 3.8) is 0 Å². The third kappa shape index (κ3) is 6.29. The third-order valence-corrected chi connectivity index (χ3v) is 15.2. The van der Waals surface area contributed by atoms with E-state index in [1.807, 2.05) is 0 Å². The van der Waals surface area contributed by atoms with Gasteiger partial charge in [-0.2, -0.15) is 0 Å². The van der Waals surface area contributed by atoms with Gasteiger partial charge in [0.25, 0.3) is 0 Å². The summed E-state index contributed by atoms with van der Waals surface area (Å²) in [6.07, 6.45) is 0. The van der Waals surface area contributed by atoms with E-state index in [9.17, 15) is 0 Å². The summed E-state index contributed by atoms with van der Waals surface area (Å²) in [5.74, 6) is 0. The number of aromatic nitrogens is 2. The number of hydrogen-bond donors (Lipinski definition) is 0. The summed E-state index contributed by atoms with van der Waals surface area (Å²) in [7, 11) is 0. The quantitative estimate of drug-likeness (QED) is 0.147. The maximum Gasteiger partial charge on any atom is 0.0541 e. The van der Waals surface area contributed by atoms with Crippen LogP contribution in [-0.2, 0) is 0 Å². The highest BCUT2D eigenvalue weighted by Crippen LogP contribution is 2.48. The monoisotopic (exact) mass is 912 g/mol. The van der Waals surface area contributed by atoms with Gasteiger partial charge in [-0.1, -0.05) is 182 Å². The van der Waals surface area contributed by atoms with Gasteiger partial charge >= 0.3 is 0 Å². The van der Waals surface area contributed by atoms with Crippen molar-refractivity contribution in [2.45, 2.75) is 0 Å². The van der Waals surface area contributed by atoms with Crippen LogP contribution in [0.25, 0.3) is 143 Å². The van der Waals surface area contributed by atoms with Crippen molar-refractivity contribution in [3.05, 3.63) is 267 Å². The van der Waals surface area contributed by atoms with Crippen molar-refractivity contribution in [1.29, 1.82) is 0 Å². The fraction of sp³-hybridized carbons (Fsp3) is 0. The van der Waals surface area contributed by atoms with Crippen LogP contribution in [0.3, 0.4) is 0 Å². The van der Waals surface area contributed by atoms with Crippen LogP contribution in [0.2, 0.25) is 0 Å². The average molecular weight is 913 g/mol. The van der Waals surface area contributed by atoms with Crippen LogP contribution in [0.5, 0.6) is 0 Å². The second-order valence-corrected chi connectivity index (χ2v) is 19.2. The van der Waals surface area contributed by atoms with Crippen molar-refractivity contribution < 1.29 is 0 Å². The molecule has 0 saturated heterocycles. The van der Waals surface area contributed by atoms with Crippen LogP contribution >= 0.6 is 0 Å². The second kappa shape index (κ2) is 16.0. The number of hydrogen-bond acceptors (Lipinski definition) is 0. The van der Waals surface area contributed by atoms with E-state index >= 15 is 0 Å². The summed E-state index contributed by atoms with van der Waals surface area (Å²) in [6, 6.07) is 98.9. The number of fused-ring (bicyclic) bond motifs is 10. The molecule has 0 saturated carbocycles. The van der Waals surface area contributed by atoms with E-state index in [-0.39, 0.29) is 0 Å². The van der Waals surface area contributed by atoms with Crippen molar-refractivity contribution in [3.8, 4) is 55.9 Å². The standard InChI is InChI=1S/C70H44N2/c1-3-19-55(20-4-1)71-65-25-13-11-23-57(65)61-41-51(33-37-67(61)71)49-31-35-59-63(43-49)69(53-29-27-45-15-7-9-17-47(45)39-53)60-36-32-50(44-64(60)70(59)54-30-28-46-16-8-10-18-48(46)40-54)52-34-38-68-62(42-52)58-24-12-14-26-66(58)72(68)56-21-5-2-6-22-56/h1-44H. The van der Waals surface area contributed by atoms with Gasteiger partial charge in [0.2, 0.25) is 0 Å². The van der Waals surface area contributed by atoms with Crippen molar-refractivity contribution >= 4 is 86.7 Å². The van der Waals surface area contributed by atoms with Crippen LogP contribution in [0.1, 0.15) is 0 Å². The summed E-state index contributed by atoms with van der Waals surface area (Å²) in [5.41, 5.74) is 16.8. The Kier molecular flexibility index (Phi) is 8.99. The first kappa shape index (κ1) is 40.4. The van der Waals surface area contributed by atoms with Crippen LogP contribution in [-0.4, -0.2) is 9.13 Å². The van der Waals surface area contributed by atoms with Crippen LogP contribution in [0, 0.1) is 0 Å². The minimum Gasteiger partial charge on any atom is -0.309 e. The molecule has 15 aromatic rings. The lowest BCUT2D eigenvalue weighted by Gasteiger charge is -2.20. The Morgan fingerprint density at radius 1 is 0.181 bits per heavy atom. The van der Waals surface area contributed by atoms with Gasteiger partial charge in [-0.3, -0.25) is 0 Å². The van der Waals surface area contributed by atoms with Crippen LogP contribution in [0.15, 0.2) is 267 Å². The first-order valence-electron chi connectivity index (χ1n) is 24.9. The molecule has 0 atom stereocenters. The van der Waals surface area contributed by atoms with E-state index in [1.54, 1.807) is 0 Å². The topological polar surface area (TPSA) is 9.86 Å².